The highest BCUT2D eigenvalue weighted by molar-refractivity contribution is 6.30. The van der Waals surface area contributed by atoms with Gasteiger partial charge in [0.1, 0.15) is 0 Å². The third-order valence-corrected chi connectivity index (χ3v) is 3.47. The van der Waals surface area contributed by atoms with Crippen molar-refractivity contribution in [2.45, 2.75) is 20.3 Å². The van der Waals surface area contributed by atoms with Gasteiger partial charge in [0.2, 0.25) is 11.7 Å². The van der Waals surface area contributed by atoms with E-state index < -0.39 is 0 Å². The highest BCUT2D eigenvalue weighted by Crippen LogP contribution is 2.19. The number of halogens is 1. The Morgan fingerprint density at radius 1 is 1.36 bits per heavy atom. The van der Waals surface area contributed by atoms with E-state index in [1.807, 2.05) is 30.9 Å². The van der Waals surface area contributed by atoms with Crippen molar-refractivity contribution in [3.8, 4) is 11.4 Å². The average molecular weight is 322 g/mol. The fourth-order valence-corrected chi connectivity index (χ4v) is 2.21. The summed E-state index contributed by atoms with van der Waals surface area (Å²) in [5, 5.41) is 4.60. The maximum Gasteiger partial charge on any atom is 0.228 e. The van der Waals surface area contributed by atoms with E-state index in [1.165, 1.54) is 0 Å². The van der Waals surface area contributed by atoms with Gasteiger partial charge in [0.25, 0.3) is 0 Å². The van der Waals surface area contributed by atoms with Crippen LogP contribution in [0.2, 0.25) is 5.02 Å². The predicted molar refractivity (Wildman–Crippen MR) is 87.9 cm³/mol. The third kappa shape index (κ3) is 4.21. The Hall–Kier alpha value is -2.08. The molecule has 1 aromatic carbocycles. The van der Waals surface area contributed by atoms with Crippen LogP contribution < -0.4 is 5.73 Å². The molecule has 2 N–H and O–H groups in total. The van der Waals surface area contributed by atoms with Crippen molar-refractivity contribution in [2.24, 2.45) is 10.7 Å². The van der Waals surface area contributed by atoms with Crippen molar-refractivity contribution in [3.63, 3.8) is 0 Å². The largest absolute Gasteiger partial charge is 0.370 e. The first-order valence-corrected chi connectivity index (χ1v) is 7.65. The minimum atomic E-state index is 0.513. The third-order valence-electron chi connectivity index (χ3n) is 3.24. The van der Waals surface area contributed by atoms with Crippen LogP contribution in [-0.2, 0) is 6.42 Å². The Labute approximate surface area is 135 Å². The molecule has 0 unspecified atom stereocenters. The number of guanidine groups is 1. The summed E-state index contributed by atoms with van der Waals surface area (Å²) < 4.78 is 5.23. The highest BCUT2D eigenvalue weighted by Gasteiger charge is 2.09. The number of nitrogens with two attached hydrogens (primary N) is 1. The molecule has 0 amide bonds. The standard InChI is InChI=1S/C15H20ClN5O/c1-3-21(4-2)15(17)18-9-8-13-19-14(20-22-13)11-6-5-7-12(16)10-11/h5-7,10H,3-4,8-9H2,1-2H3,(H2,17,18). The molecule has 0 saturated carbocycles. The van der Waals surface area contributed by atoms with Crippen LogP contribution in [0.3, 0.4) is 0 Å². The second-order valence-corrected chi connectivity index (χ2v) is 5.12. The second kappa shape index (κ2) is 7.79. The van der Waals surface area contributed by atoms with Crippen LogP contribution >= 0.6 is 11.6 Å². The molecular weight excluding hydrogens is 302 g/mol. The summed E-state index contributed by atoms with van der Waals surface area (Å²) in [5.41, 5.74) is 6.74. The molecule has 1 heterocycles. The van der Waals surface area contributed by atoms with Gasteiger partial charge in [0, 0.05) is 30.1 Å². The van der Waals surface area contributed by atoms with Crippen molar-refractivity contribution >= 4 is 17.6 Å². The number of nitrogens with zero attached hydrogens (tertiary/aromatic N) is 4. The minimum absolute atomic E-state index is 0.513. The molecule has 6 nitrogen and oxygen atoms in total. The van der Waals surface area contributed by atoms with Crippen LogP contribution in [0.25, 0.3) is 11.4 Å². The van der Waals surface area contributed by atoms with E-state index in [-0.39, 0.29) is 0 Å². The van der Waals surface area contributed by atoms with Crippen molar-refractivity contribution in [1.82, 2.24) is 15.0 Å². The molecule has 0 radical (unpaired) electrons. The predicted octanol–water partition coefficient (Wildman–Crippen LogP) is 2.59. The quantitative estimate of drug-likeness (QED) is 0.653. The van der Waals surface area contributed by atoms with E-state index in [0.717, 1.165) is 18.7 Å². The number of aliphatic imine (C=N–C) groups is 1. The first kappa shape index (κ1) is 16.3. The summed E-state index contributed by atoms with van der Waals surface area (Å²) in [7, 11) is 0. The maximum absolute atomic E-state index is 5.95. The van der Waals surface area contributed by atoms with Crippen LogP contribution in [0, 0.1) is 0 Å². The number of rotatable bonds is 6. The molecule has 0 saturated heterocycles. The van der Waals surface area contributed by atoms with E-state index >= 15 is 0 Å². The summed E-state index contributed by atoms with van der Waals surface area (Å²) in [6, 6.07) is 7.34. The Morgan fingerprint density at radius 3 is 2.82 bits per heavy atom. The molecule has 0 aliphatic heterocycles. The molecule has 2 aromatic rings. The first-order valence-electron chi connectivity index (χ1n) is 7.27. The van der Waals surface area contributed by atoms with E-state index in [1.54, 1.807) is 12.1 Å². The molecule has 118 valence electrons. The molecule has 22 heavy (non-hydrogen) atoms. The van der Waals surface area contributed by atoms with Gasteiger partial charge in [0.05, 0.1) is 6.54 Å². The molecule has 1 aromatic heterocycles. The molecule has 0 atom stereocenters. The summed E-state index contributed by atoms with van der Waals surface area (Å²) >= 11 is 5.95. The van der Waals surface area contributed by atoms with Gasteiger partial charge in [-0.15, -0.1) is 0 Å². The van der Waals surface area contributed by atoms with Gasteiger partial charge in [-0.3, -0.25) is 4.99 Å². The van der Waals surface area contributed by atoms with Crippen molar-refractivity contribution in [1.29, 1.82) is 0 Å². The van der Waals surface area contributed by atoms with E-state index in [9.17, 15) is 0 Å². The monoisotopic (exact) mass is 321 g/mol. The zero-order chi connectivity index (χ0) is 15.9. The van der Waals surface area contributed by atoms with E-state index in [4.69, 9.17) is 21.9 Å². The van der Waals surface area contributed by atoms with E-state index in [2.05, 4.69) is 15.1 Å². The molecular formula is C15H20ClN5O. The minimum Gasteiger partial charge on any atom is -0.370 e. The lowest BCUT2D eigenvalue weighted by Gasteiger charge is -2.19. The molecule has 0 aliphatic carbocycles. The number of hydrogen-bond donors (Lipinski definition) is 1. The summed E-state index contributed by atoms with van der Waals surface area (Å²) in [6.07, 6.45) is 0.551. The van der Waals surface area contributed by atoms with Gasteiger partial charge in [-0.05, 0) is 26.0 Å². The van der Waals surface area contributed by atoms with Gasteiger partial charge in [-0.2, -0.15) is 4.98 Å². The van der Waals surface area contributed by atoms with Gasteiger partial charge in [-0.25, -0.2) is 0 Å². The zero-order valence-corrected chi connectivity index (χ0v) is 13.5. The molecule has 0 fully saturated rings. The number of aromatic nitrogens is 2. The molecule has 0 bridgehead atoms. The van der Waals surface area contributed by atoms with Crippen molar-refractivity contribution < 1.29 is 4.52 Å². The fraction of sp³-hybridized carbons (Fsp3) is 0.400. The first-order chi connectivity index (χ1) is 10.6. The highest BCUT2D eigenvalue weighted by atomic mass is 35.5. The van der Waals surface area contributed by atoms with Crippen LogP contribution in [-0.4, -0.2) is 40.6 Å². The van der Waals surface area contributed by atoms with Crippen molar-refractivity contribution in [2.75, 3.05) is 19.6 Å². The van der Waals surface area contributed by atoms with Crippen LogP contribution in [0.4, 0.5) is 0 Å². The molecule has 2 rings (SSSR count). The lowest BCUT2D eigenvalue weighted by Crippen LogP contribution is -2.37. The second-order valence-electron chi connectivity index (χ2n) is 4.68. The van der Waals surface area contributed by atoms with Gasteiger partial charge >= 0.3 is 0 Å². The zero-order valence-electron chi connectivity index (χ0n) is 12.8. The Bertz CT molecular complexity index is 636. The summed E-state index contributed by atoms with van der Waals surface area (Å²) in [4.78, 5) is 10.7. The Morgan fingerprint density at radius 2 is 2.14 bits per heavy atom. The van der Waals surface area contributed by atoms with E-state index in [0.29, 0.717) is 35.7 Å². The molecule has 0 aliphatic rings. The Kier molecular flexibility index (Phi) is 5.77. The summed E-state index contributed by atoms with van der Waals surface area (Å²) in [6.45, 7) is 6.28. The van der Waals surface area contributed by atoms with Gasteiger partial charge in [-0.1, -0.05) is 28.9 Å². The number of benzene rings is 1. The SMILES string of the molecule is CCN(CC)C(N)=NCCc1nc(-c2cccc(Cl)c2)no1. The molecule has 7 heteroatoms. The Balaban J connectivity index is 1.97. The fourth-order valence-electron chi connectivity index (χ4n) is 2.01. The van der Waals surface area contributed by atoms with Crippen molar-refractivity contribution in [3.05, 3.63) is 35.2 Å². The number of hydrogen-bond acceptors (Lipinski definition) is 4. The van der Waals surface area contributed by atoms with Gasteiger partial charge in [0.15, 0.2) is 5.96 Å². The lowest BCUT2D eigenvalue weighted by molar-refractivity contribution is 0.380. The van der Waals surface area contributed by atoms with Crippen LogP contribution in [0.5, 0.6) is 0 Å². The van der Waals surface area contributed by atoms with Gasteiger partial charge < -0.3 is 15.2 Å². The smallest absolute Gasteiger partial charge is 0.228 e. The summed E-state index contributed by atoms with van der Waals surface area (Å²) in [5.74, 6) is 1.60. The maximum atomic E-state index is 5.95. The van der Waals surface area contributed by atoms with Crippen LogP contribution in [0.1, 0.15) is 19.7 Å². The molecule has 0 spiro atoms. The normalized spacial score (nSPS) is 11.7. The van der Waals surface area contributed by atoms with Crippen LogP contribution in [0.15, 0.2) is 33.8 Å². The lowest BCUT2D eigenvalue weighted by atomic mass is 10.2. The average Bonchev–Trinajstić information content (AvgIpc) is 2.97. The topological polar surface area (TPSA) is 80.5 Å².